The predicted molar refractivity (Wildman–Crippen MR) is 109 cm³/mol. The summed E-state index contributed by atoms with van der Waals surface area (Å²) in [6.45, 7) is 3.99. The Kier molecular flexibility index (Phi) is 5.61. The molecule has 4 rings (SSSR count). The lowest BCUT2D eigenvalue weighted by Gasteiger charge is -2.48. The Balaban J connectivity index is 1.48. The van der Waals surface area contributed by atoms with Crippen molar-refractivity contribution in [1.82, 2.24) is 10.2 Å². The van der Waals surface area contributed by atoms with Gasteiger partial charge in [0.1, 0.15) is 0 Å². The number of fused-ring (bicyclic) bond motifs is 1. The molecule has 1 saturated heterocycles. The van der Waals surface area contributed by atoms with Crippen LogP contribution < -0.4 is 5.32 Å². The summed E-state index contributed by atoms with van der Waals surface area (Å²) in [5, 5.41) is 14.9. The first kappa shape index (κ1) is 19.3. The zero-order chi connectivity index (χ0) is 19.6. The lowest BCUT2D eigenvalue weighted by atomic mass is 9.79. The van der Waals surface area contributed by atoms with Crippen LogP contribution in [0, 0.1) is 10.1 Å². The fourth-order valence-electron chi connectivity index (χ4n) is 4.44. The molecule has 150 valence electrons. The largest absolute Gasteiger partial charge is 0.379 e. The second-order valence-electron chi connectivity index (χ2n) is 7.66. The van der Waals surface area contributed by atoms with Gasteiger partial charge in [0, 0.05) is 47.4 Å². The zero-order valence-electron chi connectivity index (χ0n) is 15.8. The maximum atomic E-state index is 12.8. The Bertz CT molecular complexity index is 869. The molecule has 2 aliphatic rings. The molecule has 1 amide bonds. The third kappa shape index (κ3) is 3.90. The Labute approximate surface area is 167 Å². The number of morpholine rings is 1. The van der Waals surface area contributed by atoms with Crippen LogP contribution >= 0.6 is 11.3 Å². The summed E-state index contributed by atoms with van der Waals surface area (Å²) in [4.78, 5) is 26.5. The highest BCUT2D eigenvalue weighted by atomic mass is 32.1. The molecule has 0 spiro atoms. The van der Waals surface area contributed by atoms with E-state index < -0.39 is 4.92 Å². The average Bonchev–Trinajstić information content (AvgIpc) is 3.17. The molecule has 7 nitrogen and oxygen atoms in total. The number of benzene rings is 1. The van der Waals surface area contributed by atoms with Crippen LogP contribution in [-0.2, 0) is 4.74 Å². The zero-order valence-corrected chi connectivity index (χ0v) is 16.6. The van der Waals surface area contributed by atoms with Gasteiger partial charge in [-0.3, -0.25) is 19.8 Å². The summed E-state index contributed by atoms with van der Waals surface area (Å²) >= 11 is 1.38. The minimum Gasteiger partial charge on any atom is -0.379 e. The topological polar surface area (TPSA) is 84.7 Å². The number of carbonyl (C=O) groups excluding carboxylic acids is 1. The summed E-state index contributed by atoms with van der Waals surface area (Å²) in [5.74, 6) is -0.0953. The first-order chi connectivity index (χ1) is 13.6. The van der Waals surface area contributed by atoms with Crippen LogP contribution in [0.15, 0.2) is 24.3 Å². The van der Waals surface area contributed by atoms with Crippen molar-refractivity contribution < 1.29 is 14.5 Å². The summed E-state index contributed by atoms with van der Waals surface area (Å²) in [7, 11) is 0. The predicted octanol–water partition coefficient (Wildman–Crippen LogP) is 3.57. The summed E-state index contributed by atoms with van der Waals surface area (Å²) < 4.78 is 6.40. The molecule has 1 N–H and O–H groups in total. The Hall–Kier alpha value is -2.03. The SMILES string of the molecule is O=C(NCC1(N2CCOCC2)CCCCC1)c1cc2cc([N+](=O)[O-])ccc2s1. The van der Waals surface area contributed by atoms with E-state index in [2.05, 4.69) is 10.2 Å². The van der Waals surface area contributed by atoms with Crippen molar-refractivity contribution in [2.45, 2.75) is 37.6 Å². The number of carbonyl (C=O) groups is 1. The van der Waals surface area contributed by atoms with Crippen molar-refractivity contribution >= 4 is 33.0 Å². The van der Waals surface area contributed by atoms with E-state index >= 15 is 0 Å². The van der Waals surface area contributed by atoms with E-state index in [1.54, 1.807) is 12.1 Å². The van der Waals surface area contributed by atoms with Gasteiger partial charge >= 0.3 is 0 Å². The number of nitrogens with zero attached hydrogens (tertiary/aromatic N) is 2. The second-order valence-corrected chi connectivity index (χ2v) is 8.74. The molecule has 2 heterocycles. The summed E-state index contributed by atoms with van der Waals surface area (Å²) in [6.07, 6.45) is 5.85. The molecule has 1 aliphatic heterocycles. The molecule has 8 heteroatoms. The van der Waals surface area contributed by atoms with E-state index in [-0.39, 0.29) is 17.1 Å². The van der Waals surface area contributed by atoms with Crippen LogP contribution in [0.1, 0.15) is 41.8 Å². The third-order valence-corrected chi connectivity index (χ3v) is 7.09. The number of nitro groups is 1. The molecule has 0 bridgehead atoms. The molecule has 0 unspecified atom stereocenters. The molecule has 0 atom stereocenters. The highest BCUT2D eigenvalue weighted by Gasteiger charge is 2.38. The van der Waals surface area contributed by atoms with Crippen LogP contribution in [0.5, 0.6) is 0 Å². The van der Waals surface area contributed by atoms with E-state index in [4.69, 9.17) is 4.74 Å². The van der Waals surface area contributed by atoms with Gasteiger partial charge in [-0.25, -0.2) is 0 Å². The number of nitrogens with one attached hydrogen (secondary N) is 1. The van der Waals surface area contributed by atoms with Gasteiger partial charge < -0.3 is 10.1 Å². The van der Waals surface area contributed by atoms with Crippen molar-refractivity contribution in [3.05, 3.63) is 39.3 Å². The fourth-order valence-corrected chi connectivity index (χ4v) is 5.40. The van der Waals surface area contributed by atoms with Crippen LogP contribution in [0.2, 0.25) is 0 Å². The smallest absolute Gasteiger partial charge is 0.270 e. The number of amides is 1. The number of hydrogen-bond acceptors (Lipinski definition) is 6. The number of non-ortho nitro benzene ring substituents is 1. The monoisotopic (exact) mass is 403 g/mol. The van der Waals surface area contributed by atoms with E-state index in [1.165, 1.54) is 42.7 Å². The normalized spacial score (nSPS) is 20.1. The summed E-state index contributed by atoms with van der Waals surface area (Å²) in [6, 6.07) is 6.48. The molecule has 2 aromatic rings. The average molecular weight is 404 g/mol. The van der Waals surface area contributed by atoms with E-state index in [9.17, 15) is 14.9 Å². The Morgan fingerprint density at radius 2 is 1.96 bits per heavy atom. The number of hydrogen-bond donors (Lipinski definition) is 1. The first-order valence-electron chi connectivity index (χ1n) is 9.86. The second kappa shape index (κ2) is 8.14. The van der Waals surface area contributed by atoms with E-state index in [0.29, 0.717) is 11.4 Å². The summed E-state index contributed by atoms with van der Waals surface area (Å²) in [5.41, 5.74) is 0.0680. The number of thiophene rings is 1. The number of rotatable bonds is 5. The molecule has 1 aromatic carbocycles. The lowest BCUT2D eigenvalue weighted by Crippen LogP contribution is -2.59. The van der Waals surface area contributed by atoms with Gasteiger partial charge in [-0.1, -0.05) is 19.3 Å². The minimum atomic E-state index is -0.411. The van der Waals surface area contributed by atoms with Gasteiger partial charge in [0.25, 0.3) is 11.6 Å². The molecule has 2 fully saturated rings. The molecule has 1 aromatic heterocycles. The molecule has 28 heavy (non-hydrogen) atoms. The van der Waals surface area contributed by atoms with Crippen molar-refractivity contribution in [2.75, 3.05) is 32.8 Å². The lowest BCUT2D eigenvalue weighted by molar-refractivity contribution is -0.384. The maximum absolute atomic E-state index is 12.8. The highest BCUT2D eigenvalue weighted by molar-refractivity contribution is 7.20. The molecule has 1 saturated carbocycles. The Morgan fingerprint density at radius 1 is 1.21 bits per heavy atom. The van der Waals surface area contributed by atoms with Crippen molar-refractivity contribution in [3.8, 4) is 0 Å². The van der Waals surface area contributed by atoms with Crippen LogP contribution in [-0.4, -0.2) is 54.1 Å². The first-order valence-corrected chi connectivity index (χ1v) is 10.7. The molecule has 0 radical (unpaired) electrons. The van der Waals surface area contributed by atoms with Gasteiger partial charge in [0.15, 0.2) is 0 Å². The van der Waals surface area contributed by atoms with Crippen molar-refractivity contribution in [2.24, 2.45) is 0 Å². The molecule has 1 aliphatic carbocycles. The fraction of sp³-hybridized carbons (Fsp3) is 0.550. The minimum absolute atomic E-state index is 0.0210. The highest BCUT2D eigenvalue weighted by Crippen LogP contribution is 2.34. The quantitative estimate of drug-likeness (QED) is 0.609. The van der Waals surface area contributed by atoms with Crippen LogP contribution in [0.3, 0.4) is 0 Å². The number of ether oxygens (including phenoxy) is 1. The van der Waals surface area contributed by atoms with E-state index in [0.717, 1.165) is 49.2 Å². The Morgan fingerprint density at radius 3 is 2.68 bits per heavy atom. The van der Waals surface area contributed by atoms with Crippen LogP contribution in [0.25, 0.3) is 10.1 Å². The van der Waals surface area contributed by atoms with Gasteiger partial charge in [0.05, 0.1) is 23.0 Å². The number of nitro benzene ring substituents is 1. The van der Waals surface area contributed by atoms with Gasteiger partial charge in [-0.05, 0) is 25.0 Å². The maximum Gasteiger partial charge on any atom is 0.270 e. The van der Waals surface area contributed by atoms with E-state index in [1.807, 2.05) is 0 Å². The third-order valence-electron chi connectivity index (χ3n) is 5.98. The standard InChI is InChI=1S/C20H25N3O4S/c24-19(18-13-15-12-16(23(25)26)4-5-17(15)28-18)21-14-20(6-2-1-3-7-20)22-8-10-27-11-9-22/h4-5,12-13H,1-3,6-11,14H2,(H,21,24). The van der Waals surface area contributed by atoms with Crippen molar-refractivity contribution in [1.29, 1.82) is 0 Å². The van der Waals surface area contributed by atoms with Gasteiger partial charge in [-0.2, -0.15) is 0 Å². The van der Waals surface area contributed by atoms with Crippen molar-refractivity contribution in [3.63, 3.8) is 0 Å². The van der Waals surface area contributed by atoms with Crippen LogP contribution in [0.4, 0.5) is 5.69 Å². The molecular weight excluding hydrogens is 378 g/mol. The van der Waals surface area contributed by atoms with Gasteiger partial charge in [0.2, 0.25) is 0 Å². The van der Waals surface area contributed by atoms with Gasteiger partial charge in [-0.15, -0.1) is 11.3 Å². The molecular formula is C20H25N3O4S.